The van der Waals surface area contributed by atoms with Crippen molar-refractivity contribution in [2.24, 2.45) is 0 Å². The Labute approximate surface area is 137 Å². The van der Waals surface area contributed by atoms with Crippen molar-refractivity contribution in [3.63, 3.8) is 0 Å². The van der Waals surface area contributed by atoms with Crippen molar-refractivity contribution in [1.82, 2.24) is 14.5 Å². The summed E-state index contributed by atoms with van der Waals surface area (Å²) in [7, 11) is 0. The second kappa shape index (κ2) is 5.59. The largest absolute Gasteiger partial charge is 0.349 e. The number of fused-ring (bicyclic) bond motifs is 3. The van der Waals surface area contributed by atoms with Crippen LogP contribution in [-0.2, 0) is 0 Å². The average molecular weight is 321 g/mol. The molecule has 23 heavy (non-hydrogen) atoms. The van der Waals surface area contributed by atoms with Crippen LogP contribution in [0.4, 0.5) is 0 Å². The molecule has 0 aliphatic carbocycles. The molecule has 0 saturated carbocycles. The van der Waals surface area contributed by atoms with E-state index in [0.717, 1.165) is 33.0 Å². The van der Waals surface area contributed by atoms with E-state index in [1.165, 1.54) is 0 Å². The summed E-state index contributed by atoms with van der Waals surface area (Å²) in [6.07, 6.45) is 0. The summed E-state index contributed by atoms with van der Waals surface area (Å²) in [5.74, 6) is 0.854. The minimum Gasteiger partial charge on any atom is -0.349 e. The fourth-order valence-electron chi connectivity index (χ4n) is 2.77. The molecule has 114 valence electrons. The van der Waals surface area contributed by atoms with Crippen LogP contribution in [-0.4, -0.2) is 20.3 Å². The van der Waals surface area contributed by atoms with Gasteiger partial charge in [-0.25, -0.2) is 4.98 Å². The van der Waals surface area contributed by atoms with Crippen LogP contribution in [0.2, 0.25) is 0 Å². The van der Waals surface area contributed by atoms with Gasteiger partial charge in [-0.2, -0.15) is 0 Å². The maximum atomic E-state index is 13.1. The quantitative estimate of drug-likeness (QED) is 0.459. The monoisotopic (exact) mass is 321 g/mol. The third-order valence-corrected chi connectivity index (χ3v) is 4.60. The maximum absolute atomic E-state index is 13.1. The molecule has 0 saturated heterocycles. The molecule has 4 rings (SSSR count). The average Bonchev–Trinajstić information content (AvgIpc) is 2.95. The summed E-state index contributed by atoms with van der Waals surface area (Å²) in [5, 5.41) is 1.71. The van der Waals surface area contributed by atoms with Gasteiger partial charge in [0.2, 0.25) is 0 Å². The number of rotatable bonds is 3. The smallest absolute Gasteiger partial charge is 0.283 e. The number of hydrogen-bond acceptors (Lipinski definition) is 3. The van der Waals surface area contributed by atoms with Crippen LogP contribution in [0.3, 0.4) is 0 Å². The summed E-state index contributed by atoms with van der Waals surface area (Å²) >= 11 is 1.58. The summed E-state index contributed by atoms with van der Waals surface area (Å²) in [6.45, 7) is 2.06. The van der Waals surface area contributed by atoms with Gasteiger partial charge in [0, 0.05) is 10.9 Å². The zero-order chi connectivity index (χ0) is 15.8. The van der Waals surface area contributed by atoms with E-state index < -0.39 is 0 Å². The minimum absolute atomic E-state index is 0.0617. The number of aromatic nitrogens is 3. The van der Waals surface area contributed by atoms with Gasteiger partial charge >= 0.3 is 0 Å². The Morgan fingerprint density at radius 1 is 1.09 bits per heavy atom. The molecule has 0 spiro atoms. The highest BCUT2D eigenvalue weighted by atomic mass is 32.2. The topological polar surface area (TPSA) is 50.7 Å². The maximum Gasteiger partial charge on any atom is 0.283 e. The Balaban J connectivity index is 2.13. The summed E-state index contributed by atoms with van der Waals surface area (Å²) in [6, 6.07) is 17.5. The first-order chi connectivity index (χ1) is 11.3. The predicted octanol–water partition coefficient (Wildman–Crippen LogP) is 3.98. The lowest BCUT2D eigenvalue weighted by atomic mass is 10.2. The van der Waals surface area contributed by atoms with Crippen molar-refractivity contribution in [2.75, 3.05) is 5.75 Å². The number of benzene rings is 2. The van der Waals surface area contributed by atoms with Crippen LogP contribution in [0.15, 0.2) is 64.5 Å². The molecular weight excluding hydrogens is 306 g/mol. The van der Waals surface area contributed by atoms with Gasteiger partial charge < -0.3 is 4.98 Å². The van der Waals surface area contributed by atoms with E-state index in [2.05, 4.69) is 11.9 Å². The Kier molecular flexibility index (Phi) is 3.42. The number of nitrogens with one attached hydrogen (secondary N) is 1. The highest BCUT2D eigenvalue weighted by molar-refractivity contribution is 7.99. The number of hydrogen-bond donors (Lipinski definition) is 1. The van der Waals surface area contributed by atoms with E-state index in [1.807, 2.05) is 54.6 Å². The van der Waals surface area contributed by atoms with Crippen LogP contribution < -0.4 is 5.56 Å². The number of thioether (sulfide) groups is 1. The molecule has 1 N–H and O–H groups in total. The third kappa shape index (κ3) is 2.24. The number of para-hydroxylation sites is 2. The summed E-state index contributed by atoms with van der Waals surface area (Å²) in [5.41, 5.74) is 3.00. The standard InChI is InChI=1S/C18H15N3OS/c1-2-23-18-20-15-13-10-6-7-11-14(13)19-16(15)17(22)21(18)12-8-4-3-5-9-12/h3-11,19H,2H2,1H3. The molecule has 0 bridgehead atoms. The molecule has 2 heterocycles. The molecule has 4 nitrogen and oxygen atoms in total. The number of nitrogens with zero attached hydrogens (tertiary/aromatic N) is 2. The van der Waals surface area contributed by atoms with Crippen molar-refractivity contribution in [1.29, 1.82) is 0 Å². The SMILES string of the molecule is CCSc1nc2c([nH]c3ccccc32)c(=O)n1-c1ccccc1. The Hall–Kier alpha value is -2.53. The van der Waals surface area contributed by atoms with Gasteiger partial charge in [0.15, 0.2) is 5.16 Å². The molecule has 2 aromatic heterocycles. The minimum atomic E-state index is -0.0617. The van der Waals surface area contributed by atoms with Gasteiger partial charge in [-0.3, -0.25) is 9.36 Å². The van der Waals surface area contributed by atoms with Crippen molar-refractivity contribution in [2.45, 2.75) is 12.1 Å². The fraction of sp³-hybridized carbons (Fsp3) is 0.111. The molecule has 0 fully saturated rings. The van der Waals surface area contributed by atoms with Crippen molar-refractivity contribution >= 4 is 33.7 Å². The first-order valence-corrected chi connectivity index (χ1v) is 8.50. The molecule has 0 unspecified atom stereocenters. The molecule has 0 amide bonds. The second-order valence-electron chi connectivity index (χ2n) is 5.20. The van der Waals surface area contributed by atoms with E-state index in [4.69, 9.17) is 4.98 Å². The Bertz CT molecular complexity index is 1050. The van der Waals surface area contributed by atoms with Crippen LogP contribution >= 0.6 is 11.8 Å². The van der Waals surface area contributed by atoms with E-state index >= 15 is 0 Å². The zero-order valence-electron chi connectivity index (χ0n) is 12.6. The lowest BCUT2D eigenvalue weighted by Gasteiger charge is -2.11. The van der Waals surface area contributed by atoms with E-state index in [1.54, 1.807) is 16.3 Å². The first-order valence-electron chi connectivity index (χ1n) is 7.51. The molecule has 0 radical (unpaired) electrons. The highest BCUT2D eigenvalue weighted by Crippen LogP contribution is 2.25. The van der Waals surface area contributed by atoms with Crippen LogP contribution in [0, 0.1) is 0 Å². The van der Waals surface area contributed by atoms with Crippen LogP contribution in [0.5, 0.6) is 0 Å². The van der Waals surface area contributed by atoms with E-state index in [0.29, 0.717) is 5.52 Å². The number of aromatic amines is 1. The second-order valence-corrected chi connectivity index (χ2v) is 6.43. The molecule has 0 aliphatic heterocycles. The zero-order valence-corrected chi connectivity index (χ0v) is 13.4. The first kappa shape index (κ1) is 14.1. The van der Waals surface area contributed by atoms with Gasteiger partial charge in [0.05, 0.1) is 5.69 Å². The lowest BCUT2D eigenvalue weighted by Crippen LogP contribution is -2.21. The fourth-order valence-corrected chi connectivity index (χ4v) is 3.50. The Morgan fingerprint density at radius 3 is 2.61 bits per heavy atom. The van der Waals surface area contributed by atoms with Crippen molar-refractivity contribution < 1.29 is 0 Å². The van der Waals surface area contributed by atoms with Crippen molar-refractivity contribution in [3.05, 3.63) is 65.0 Å². The number of H-pyrrole nitrogens is 1. The van der Waals surface area contributed by atoms with E-state index in [9.17, 15) is 4.79 Å². The highest BCUT2D eigenvalue weighted by Gasteiger charge is 2.16. The normalized spacial score (nSPS) is 11.3. The molecule has 4 aromatic rings. The molecular formula is C18H15N3OS. The van der Waals surface area contributed by atoms with Gasteiger partial charge in [-0.1, -0.05) is 55.1 Å². The van der Waals surface area contributed by atoms with Crippen LogP contribution in [0.25, 0.3) is 27.6 Å². The molecule has 0 aliphatic rings. The summed E-state index contributed by atoms with van der Waals surface area (Å²) in [4.78, 5) is 21.1. The van der Waals surface area contributed by atoms with Gasteiger partial charge in [-0.15, -0.1) is 0 Å². The Morgan fingerprint density at radius 2 is 1.83 bits per heavy atom. The van der Waals surface area contributed by atoms with Gasteiger partial charge in [-0.05, 0) is 24.0 Å². The molecule has 5 heteroatoms. The van der Waals surface area contributed by atoms with Crippen LogP contribution in [0.1, 0.15) is 6.92 Å². The predicted molar refractivity (Wildman–Crippen MR) is 95.6 cm³/mol. The summed E-state index contributed by atoms with van der Waals surface area (Å²) < 4.78 is 1.69. The lowest BCUT2D eigenvalue weighted by molar-refractivity contribution is 0.819. The van der Waals surface area contributed by atoms with Crippen molar-refractivity contribution in [3.8, 4) is 5.69 Å². The molecule has 2 aromatic carbocycles. The third-order valence-electron chi connectivity index (χ3n) is 3.78. The molecule has 0 atom stereocenters. The van der Waals surface area contributed by atoms with Gasteiger partial charge in [0.1, 0.15) is 11.0 Å². The van der Waals surface area contributed by atoms with Gasteiger partial charge in [0.25, 0.3) is 5.56 Å². The van der Waals surface area contributed by atoms with E-state index in [-0.39, 0.29) is 5.56 Å².